The number of imidazole rings is 1. The van der Waals surface area contributed by atoms with Crippen LogP contribution in [0.5, 0.6) is 5.75 Å². The maximum Gasteiger partial charge on any atom is 0.318 e. The number of carbonyl (C=O) groups is 3. The van der Waals surface area contributed by atoms with Crippen molar-refractivity contribution in [3.05, 3.63) is 78.1 Å². The average Bonchev–Trinajstić information content (AvgIpc) is 3.70. The number of benzene rings is 1. The fraction of sp³-hybridized carbons (Fsp3) is 0.553. The molecular formula is C38H53N7O7. The third kappa shape index (κ3) is 11.8. The van der Waals surface area contributed by atoms with E-state index in [4.69, 9.17) is 9.47 Å². The van der Waals surface area contributed by atoms with Crippen LogP contribution in [-0.4, -0.2) is 112 Å². The lowest BCUT2D eigenvalue weighted by atomic mass is 9.82. The van der Waals surface area contributed by atoms with E-state index in [2.05, 4.69) is 30.9 Å². The van der Waals surface area contributed by atoms with Crippen molar-refractivity contribution in [3.63, 3.8) is 0 Å². The first kappa shape index (κ1) is 38.7. The predicted octanol–water partition coefficient (Wildman–Crippen LogP) is 2.30. The molecule has 3 aromatic rings. The van der Waals surface area contributed by atoms with E-state index in [-0.39, 0.29) is 25.2 Å². The SMILES string of the molecule is COc1ccc(CC(NC(=O)N2CCOCC2)C(=O)NC(Cc2c[nH]cn2)C(=O)N[C@@H](CC2CCCCC2)[C@@H](O)[C@@H](O)CCc2ccccn2)cc1. The highest BCUT2D eigenvalue weighted by Gasteiger charge is 2.34. The fourth-order valence-corrected chi connectivity index (χ4v) is 6.94. The van der Waals surface area contributed by atoms with E-state index in [1.54, 1.807) is 36.5 Å². The highest BCUT2D eigenvalue weighted by Crippen LogP contribution is 2.29. The molecule has 1 aromatic carbocycles. The molecule has 14 heteroatoms. The minimum absolute atomic E-state index is 0.0578. The Morgan fingerprint density at radius 3 is 2.33 bits per heavy atom. The smallest absolute Gasteiger partial charge is 0.318 e. The van der Waals surface area contributed by atoms with Crippen molar-refractivity contribution in [2.45, 2.75) is 94.5 Å². The zero-order valence-electron chi connectivity index (χ0n) is 29.9. The van der Waals surface area contributed by atoms with Crippen LogP contribution in [0.3, 0.4) is 0 Å². The number of carbonyl (C=O) groups excluding carboxylic acids is 3. The molecule has 2 unspecified atom stereocenters. The molecule has 1 aliphatic heterocycles. The largest absolute Gasteiger partial charge is 0.497 e. The van der Waals surface area contributed by atoms with Crippen molar-refractivity contribution < 1.29 is 34.1 Å². The molecule has 1 saturated carbocycles. The summed E-state index contributed by atoms with van der Waals surface area (Å²) in [7, 11) is 1.57. The molecule has 1 aliphatic carbocycles. The number of aliphatic hydroxyl groups excluding tert-OH is 2. The van der Waals surface area contributed by atoms with Crippen molar-refractivity contribution >= 4 is 17.8 Å². The predicted molar refractivity (Wildman–Crippen MR) is 193 cm³/mol. The third-order valence-electron chi connectivity index (χ3n) is 9.98. The van der Waals surface area contributed by atoms with Crippen LogP contribution in [0.25, 0.3) is 0 Å². The van der Waals surface area contributed by atoms with Gasteiger partial charge in [0.15, 0.2) is 0 Å². The van der Waals surface area contributed by atoms with Gasteiger partial charge in [-0.05, 0) is 55.0 Å². The summed E-state index contributed by atoms with van der Waals surface area (Å²) >= 11 is 0. The van der Waals surface area contributed by atoms with E-state index >= 15 is 0 Å². The number of urea groups is 1. The summed E-state index contributed by atoms with van der Waals surface area (Å²) < 4.78 is 10.7. The minimum Gasteiger partial charge on any atom is -0.497 e. The second kappa shape index (κ2) is 19.9. The Morgan fingerprint density at radius 2 is 1.65 bits per heavy atom. The van der Waals surface area contributed by atoms with Gasteiger partial charge < -0.3 is 45.5 Å². The number of rotatable bonds is 17. The van der Waals surface area contributed by atoms with E-state index in [1.165, 1.54) is 6.33 Å². The van der Waals surface area contributed by atoms with Gasteiger partial charge in [-0.15, -0.1) is 0 Å². The summed E-state index contributed by atoms with van der Waals surface area (Å²) in [6.45, 7) is 1.59. The Balaban J connectivity index is 1.33. The molecule has 6 N–H and O–H groups in total. The minimum atomic E-state index is -1.24. The molecule has 0 radical (unpaired) electrons. The monoisotopic (exact) mass is 719 g/mol. The molecular weight excluding hydrogens is 666 g/mol. The highest BCUT2D eigenvalue weighted by atomic mass is 16.5. The molecule has 0 bridgehead atoms. The van der Waals surface area contributed by atoms with Crippen molar-refractivity contribution in [3.8, 4) is 5.75 Å². The number of aromatic nitrogens is 3. The molecule has 3 heterocycles. The summed E-state index contributed by atoms with van der Waals surface area (Å²) in [4.78, 5) is 54.7. The van der Waals surface area contributed by atoms with Crippen LogP contribution in [0.1, 0.15) is 61.9 Å². The Morgan fingerprint density at radius 1 is 0.923 bits per heavy atom. The second-order valence-corrected chi connectivity index (χ2v) is 13.8. The summed E-state index contributed by atoms with van der Waals surface area (Å²) in [5, 5.41) is 31.4. The number of H-pyrrole nitrogens is 1. The van der Waals surface area contributed by atoms with E-state index in [1.807, 2.05) is 30.3 Å². The van der Waals surface area contributed by atoms with Crippen LogP contribution in [0.4, 0.5) is 4.79 Å². The lowest BCUT2D eigenvalue weighted by Crippen LogP contribution is -2.59. The van der Waals surface area contributed by atoms with Gasteiger partial charge in [0.2, 0.25) is 11.8 Å². The van der Waals surface area contributed by atoms with E-state index in [0.29, 0.717) is 50.6 Å². The Hall–Kier alpha value is -4.53. The molecule has 1 saturated heterocycles. The van der Waals surface area contributed by atoms with Gasteiger partial charge in [0.1, 0.15) is 23.9 Å². The summed E-state index contributed by atoms with van der Waals surface area (Å²) in [6, 6.07) is 9.50. The van der Waals surface area contributed by atoms with E-state index in [0.717, 1.165) is 43.4 Å². The van der Waals surface area contributed by atoms with Crippen molar-refractivity contribution in [2.24, 2.45) is 5.92 Å². The third-order valence-corrected chi connectivity index (χ3v) is 9.98. The van der Waals surface area contributed by atoms with Crippen molar-refractivity contribution in [1.82, 2.24) is 35.8 Å². The number of ether oxygens (including phenoxy) is 2. The maximum atomic E-state index is 14.2. The molecule has 5 rings (SSSR count). The van der Waals surface area contributed by atoms with Gasteiger partial charge in [-0.25, -0.2) is 9.78 Å². The van der Waals surface area contributed by atoms with Crippen LogP contribution in [0, 0.1) is 5.92 Å². The molecule has 2 fully saturated rings. The van der Waals surface area contributed by atoms with Gasteiger partial charge in [0.05, 0.1) is 44.5 Å². The number of nitrogens with one attached hydrogen (secondary N) is 4. The van der Waals surface area contributed by atoms with Crippen LogP contribution < -0.4 is 20.7 Å². The van der Waals surface area contributed by atoms with Gasteiger partial charge in [-0.3, -0.25) is 14.6 Å². The van der Waals surface area contributed by atoms with Gasteiger partial charge >= 0.3 is 6.03 Å². The molecule has 2 aromatic heterocycles. The summed E-state index contributed by atoms with van der Waals surface area (Å²) in [5.74, 6) is -0.131. The normalized spacial score (nSPS) is 18.0. The molecule has 52 heavy (non-hydrogen) atoms. The Bertz CT molecular complexity index is 1510. The Kier molecular flexibility index (Phi) is 14.8. The molecule has 4 amide bonds. The first-order valence-electron chi connectivity index (χ1n) is 18.4. The zero-order chi connectivity index (χ0) is 36.7. The molecule has 282 valence electrons. The van der Waals surface area contributed by atoms with Crippen molar-refractivity contribution in [1.29, 1.82) is 0 Å². The number of aryl methyl sites for hydroxylation is 1. The molecule has 0 spiro atoms. The summed E-state index contributed by atoms with van der Waals surface area (Å²) in [6.07, 6.45) is 9.18. The fourth-order valence-electron chi connectivity index (χ4n) is 6.94. The first-order valence-corrected chi connectivity index (χ1v) is 18.4. The highest BCUT2D eigenvalue weighted by molar-refractivity contribution is 5.92. The van der Waals surface area contributed by atoms with Crippen LogP contribution >= 0.6 is 0 Å². The number of aliphatic hydroxyl groups is 2. The number of aromatic amines is 1. The average molecular weight is 720 g/mol. The number of nitrogens with zero attached hydrogens (tertiary/aromatic N) is 3. The first-order chi connectivity index (χ1) is 25.3. The number of morpholine rings is 1. The number of hydrogen-bond donors (Lipinski definition) is 6. The van der Waals surface area contributed by atoms with E-state index in [9.17, 15) is 24.6 Å². The van der Waals surface area contributed by atoms with Gasteiger partial charge in [0, 0.05) is 44.0 Å². The lowest BCUT2D eigenvalue weighted by Gasteiger charge is -2.33. The van der Waals surface area contributed by atoms with Gasteiger partial charge in [-0.2, -0.15) is 0 Å². The zero-order valence-corrected chi connectivity index (χ0v) is 29.9. The lowest BCUT2D eigenvalue weighted by molar-refractivity contribution is -0.131. The number of methoxy groups -OCH3 is 1. The van der Waals surface area contributed by atoms with Crippen molar-refractivity contribution in [2.75, 3.05) is 33.4 Å². The van der Waals surface area contributed by atoms with Crippen LogP contribution in [0.2, 0.25) is 0 Å². The molecule has 2 aliphatic rings. The van der Waals surface area contributed by atoms with Crippen LogP contribution in [0.15, 0.2) is 61.2 Å². The summed E-state index contributed by atoms with van der Waals surface area (Å²) in [5.41, 5.74) is 2.13. The number of hydrogen-bond acceptors (Lipinski definition) is 9. The quantitative estimate of drug-likeness (QED) is 0.122. The standard InChI is InChI=1S/C38H53N7O7/c1-51-30-13-10-27(11-14-30)22-32(44-38(50)45-17-19-52-20-18-45)36(48)43-33(23-29-24-39-25-41-29)37(49)42-31(21-26-7-3-2-4-8-26)35(47)34(46)15-12-28-9-5-6-16-40-28/h5-6,9-11,13-14,16,24-26,31-35,46-47H,2-4,7-8,12,15,17-23H2,1H3,(H,39,41)(H,42,49)(H,43,48)(H,44,50)/t31-,32?,33?,34-,35+/m0/s1. The second-order valence-electron chi connectivity index (χ2n) is 13.8. The topological polar surface area (TPSA) is 191 Å². The number of pyridine rings is 1. The molecule has 14 nitrogen and oxygen atoms in total. The van der Waals surface area contributed by atoms with Gasteiger partial charge in [-0.1, -0.05) is 50.3 Å². The Labute approximate surface area is 305 Å². The molecule has 5 atom stereocenters. The van der Waals surface area contributed by atoms with Crippen LogP contribution in [-0.2, 0) is 33.6 Å². The maximum absolute atomic E-state index is 14.2. The number of amides is 4. The van der Waals surface area contributed by atoms with E-state index < -0.39 is 48.2 Å². The van der Waals surface area contributed by atoms with Gasteiger partial charge in [0.25, 0.3) is 0 Å².